The Labute approximate surface area is 675 Å². The van der Waals surface area contributed by atoms with Crippen LogP contribution in [0.4, 0.5) is 34.9 Å². The molecule has 1 saturated carbocycles. The zero-order chi connectivity index (χ0) is 79.8. The third kappa shape index (κ3) is 22.5. The van der Waals surface area contributed by atoms with Crippen LogP contribution in [0.5, 0.6) is 11.5 Å². The lowest BCUT2D eigenvalue weighted by molar-refractivity contribution is -0.147. The van der Waals surface area contributed by atoms with E-state index in [2.05, 4.69) is 66.7 Å². The van der Waals surface area contributed by atoms with Crippen molar-refractivity contribution >= 4 is 128 Å². The van der Waals surface area contributed by atoms with Gasteiger partial charge in [-0.05, 0) is 164 Å². The highest BCUT2D eigenvalue weighted by atomic mass is 35.5. The topological polar surface area (TPSA) is 365 Å². The van der Waals surface area contributed by atoms with Crippen LogP contribution in [-0.2, 0) is 56.3 Å². The summed E-state index contributed by atoms with van der Waals surface area (Å²) in [6, 6.07) is 25.0. The fourth-order valence-corrected chi connectivity index (χ4v) is 16.1. The first-order chi connectivity index (χ1) is 54.9. The summed E-state index contributed by atoms with van der Waals surface area (Å²) in [6.07, 6.45) is 18.0. The number of amides is 2. The van der Waals surface area contributed by atoms with Crippen LogP contribution < -0.4 is 39.7 Å². The number of aliphatic hydroxyl groups excluding tert-OH is 4. The molecule has 2 amide bonds. The first kappa shape index (κ1) is 84.5. The first-order valence-corrected chi connectivity index (χ1v) is 40.5. The number of aromatic nitrogens is 8. The van der Waals surface area contributed by atoms with Crippen molar-refractivity contribution in [1.29, 1.82) is 0 Å². The number of thiophene rings is 1. The SMILES string of the molecule is CC(=O)Oc1ccccc1C(=O)O.COC(=O)[C@H](c1ccccc1Cl)N1CCc2sccc2C1.O=C1CCc2cc(OCCCCc3nnnn3C3CCCCC3)ccc2N1.O=C1CN2Cc3c(ccc(Cl)c3Cl)N=C2N1.OCCN(CCO)c1nc(N2CCCCC2)c2nc(N(CCO)CCO)nc(N3CCCCC3)c2n1. The highest BCUT2D eigenvalue weighted by Gasteiger charge is 2.35. The van der Waals surface area contributed by atoms with Gasteiger partial charge in [0.25, 0.3) is 0 Å². The predicted molar refractivity (Wildman–Crippen MR) is 433 cm³/mol. The number of anilines is 5. The van der Waals surface area contributed by atoms with Crippen molar-refractivity contribution in [2.75, 3.05) is 131 Å². The van der Waals surface area contributed by atoms with Gasteiger partial charge < -0.3 is 69.6 Å². The lowest BCUT2D eigenvalue weighted by Gasteiger charge is -2.33. The number of piperidine rings is 2. The minimum atomic E-state index is -1.11. The number of para-hydroxylation sites is 1. The maximum absolute atomic E-state index is 12.3. The number of ether oxygens (including phenoxy) is 3. The molecule has 0 spiro atoms. The van der Waals surface area contributed by atoms with Crippen molar-refractivity contribution in [3.8, 4) is 11.5 Å². The summed E-state index contributed by atoms with van der Waals surface area (Å²) >= 11 is 20.1. The number of nitrogens with one attached hydrogen (secondary N) is 2. The monoisotopic (exact) mass is 1630 g/mol. The van der Waals surface area contributed by atoms with E-state index >= 15 is 0 Å². The first-order valence-electron chi connectivity index (χ1n) is 38.5. The number of esters is 2. The number of nitrogens with zero attached hydrogens (tertiary/aromatic N) is 15. The molecule has 34 heteroatoms. The third-order valence-electron chi connectivity index (χ3n) is 20.2. The fraction of sp³-hybridized carbons (Fsp3) is 0.481. The molecule has 0 unspecified atom stereocenters. The number of aryl methyl sites for hydroxylation is 2. The summed E-state index contributed by atoms with van der Waals surface area (Å²) in [4.78, 5) is 93.6. The standard InChI is InChI=1S/C24H40N8O4.C20H27N5O2.C16H16ClNO2S.C10H7Cl2N3O.C9H8O4/c33-15-11-31(12-16-34)23-26-20-19(21(27-23)29-7-3-1-4-8-29)25-24(32(13-17-35)14-18-36)28-22(20)30-9-5-2-6-10-30;26-20-12-9-15-14-17(10-11-18(15)21-20)27-13-5-4-8-19-22-23-24-25(19)16-6-2-1-3-7-16;1-20-16(19)15(12-4-2-3-5-13(12)17)18-8-6-14-11(10-18)7-9-21-14;11-6-1-2-7-5(9(6)12)3-15-4-8(16)14-10(15)13-7;1-6(10)13-8-5-3-2-4-7(8)9(11)12/h33-36H,1-18H2;10-11,14,16H,1-9,12-13H2,(H,21,26);2-5,7,9,15H,6,8,10H2,1H3;1-2H,3-4H2,(H,13,14,16);2-5H,1H3,(H,11,12)/t;;15-;;/m..0../s1. The number of aromatic carboxylic acids is 1. The summed E-state index contributed by atoms with van der Waals surface area (Å²) in [6.45, 7) is 8.74. The minimum Gasteiger partial charge on any atom is -0.494 e. The Balaban J connectivity index is 0.000000146. The minimum absolute atomic E-state index is 0.0160. The summed E-state index contributed by atoms with van der Waals surface area (Å²) in [5, 5.41) is 68.9. The van der Waals surface area contributed by atoms with Gasteiger partial charge in [-0.3, -0.25) is 24.6 Å². The number of carbonyl (C=O) groups excluding carboxylic acids is 4. The van der Waals surface area contributed by atoms with Gasteiger partial charge in [-0.2, -0.15) is 9.97 Å². The summed E-state index contributed by atoms with van der Waals surface area (Å²) in [5.74, 6) is 3.03. The molecule has 8 aromatic rings. The van der Waals surface area contributed by atoms with E-state index in [-0.39, 0.29) is 55.5 Å². The summed E-state index contributed by atoms with van der Waals surface area (Å²) in [7, 11) is 1.42. The molecule has 0 bridgehead atoms. The zero-order valence-electron chi connectivity index (χ0n) is 63.6. The molecule has 7 aliphatic rings. The van der Waals surface area contributed by atoms with E-state index in [0.717, 1.165) is 148 Å². The molecule has 6 aliphatic heterocycles. The highest BCUT2D eigenvalue weighted by molar-refractivity contribution is 7.10. The lowest BCUT2D eigenvalue weighted by Crippen LogP contribution is -2.38. The number of guanidine groups is 1. The van der Waals surface area contributed by atoms with Gasteiger partial charge in [-0.25, -0.2) is 29.2 Å². The van der Waals surface area contributed by atoms with Gasteiger partial charge in [-0.15, -0.1) is 16.4 Å². The number of hydrogen-bond donors (Lipinski definition) is 7. The Morgan fingerprint density at radius 3 is 1.92 bits per heavy atom. The summed E-state index contributed by atoms with van der Waals surface area (Å²) < 4.78 is 17.6. The van der Waals surface area contributed by atoms with E-state index in [1.165, 1.54) is 81.6 Å². The quantitative estimate of drug-likeness (QED) is 0.0168. The second kappa shape index (κ2) is 42.1. The fourth-order valence-electron chi connectivity index (χ4n) is 14.5. The molecule has 3 saturated heterocycles. The molecule has 1 aliphatic carbocycles. The number of unbranched alkanes of at least 4 members (excludes halogenated alkanes) is 1. The molecule has 604 valence electrons. The molecule has 4 fully saturated rings. The number of carboxylic acids is 1. The lowest BCUT2D eigenvalue weighted by atomic mass is 9.95. The van der Waals surface area contributed by atoms with Gasteiger partial charge in [0.2, 0.25) is 29.7 Å². The molecule has 15 rings (SSSR count). The Bertz CT molecular complexity index is 4490. The van der Waals surface area contributed by atoms with Gasteiger partial charge in [0.15, 0.2) is 17.5 Å². The molecule has 0 radical (unpaired) electrons. The van der Waals surface area contributed by atoms with Gasteiger partial charge in [0.1, 0.15) is 40.7 Å². The molecular formula is C79H98Cl3N17O13S. The van der Waals surface area contributed by atoms with Gasteiger partial charge in [0, 0.05) is 106 Å². The Hall–Kier alpha value is -9.44. The van der Waals surface area contributed by atoms with Crippen LogP contribution in [0, 0.1) is 0 Å². The molecular weight excluding hydrogens is 1530 g/mol. The van der Waals surface area contributed by atoms with E-state index in [1.54, 1.807) is 45.4 Å². The maximum atomic E-state index is 12.3. The largest absolute Gasteiger partial charge is 0.494 e. The average molecular weight is 1630 g/mol. The van der Waals surface area contributed by atoms with E-state index in [1.807, 2.05) is 47.4 Å². The molecule has 10 heterocycles. The normalized spacial score (nSPS) is 16.0. The van der Waals surface area contributed by atoms with Crippen LogP contribution in [0.2, 0.25) is 15.1 Å². The van der Waals surface area contributed by atoms with Gasteiger partial charge >= 0.3 is 17.9 Å². The number of halogens is 3. The van der Waals surface area contributed by atoms with Crippen LogP contribution >= 0.6 is 46.1 Å². The molecule has 7 N–H and O–H groups in total. The van der Waals surface area contributed by atoms with Crippen molar-refractivity contribution in [3.05, 3.63) is 144 Å². The van der Waals surface area contributed by atoms with Crippen molar-refractivity contribution in [2.24, 2.45) is 4.99 Å². The van der Waals surface area contributed by atoms with E-state index in [0.29, 0.717) is 102 Å². The summed E-state index contributed by atoms with van der Waals surface area (Å²) in [5.41, 5.74) is 7.10. The molecule has 4 aromatic carbocycles. The average Bonchev–Trinajstić information content (AvgIpc) is 1.32. The van der Waals surface area contributed by atoms with Crippen LogP contribution in [-0.4, -0.2) is 217 Å². The zero-order valence-corrected chi connectivity index (χ0v) is 66.7. The predicted octanol–water partition coefficient (Wildman–Crippen LogP) is 10.4. The van der Waals surface area contributed by atoms with E-state index < -0.39 is 18.0 Å². The highest BCUT2D eigenvalue weighted by Crippen LogP contribution is 2.40. The van der Waals surface area contributed by atoms with Crippen molar-refractivity contribution in [1.82, 2.24) is 55.3 Å². The second-order valence-electron chi connectivity index (χ2n) is 28.0. The van der Waals surface area contributed by atoms with Crippen LogP contribution in [0.15, 0.2) is 95.3 Å². The molecule has 113 heavy (non-hydrogen) atoms. The van der Waals surface area contributed by atoms with Crippen molar-refractivity contribution in [3.63, 3.8) is 0 Å². The number of tetrazole rings is 1. The number of fused-ring (bicyclic) bond motifs is 5. The number of aliphatic imine (C=N–C) groups is 1. The van der Waals surface area contributed by atoms with Gasteiger partial charge in [-0.1, -0.05) is 84.4 Å². The van der Waals surface area contributed by atoms with E-state index in [4.69, 9.17) is 69.3 Å². The van der Waals surface area contributed by atoms with Gasteiger partial charge in [0.05, 0.1) is 68.5 Å². The third-order valence-corrected chi connectivity index (χ3v) is 22.4. The number of carboxylic acid groups (broad SMARTS) is 1. The number of carbonyl (C=O) groups is 5. The van der Waals surface area contributed by atoms with E-state index in [9.17, 15) is 44.4 Å². The Morgan fingerprint density at radius 1 is 0.655 bits per heavy atom. The van der Waals surface area contributed by atoms with Crippen molar-refractivity contribution < 1.29 is 63.7 Å². The second-order valence-corrected chi connectivity index (χ2v) is 30.2. The van der Waals surface area contributed by atoms with Crippen LogP contribution in [0.3, 0.4) is 0 Å². The number of rotatable bonds is 24. The molecule has 1 atom stereocenters. The molecule has 30 nitrogen and oxygen atoms in total. The number of methoxy groups -OCH3 is 1. The number of benzene rings is 4. The number of hydrogen-bond acceptors (Lipinski definition) is 27. The Morgan fingerprint density at radius 2 is 1.29 bits per heavy atom. The van der Waals surface area contributed by atoms with Crippen molar-refractivity contribution in [2.45, 2.75) is 141 Å². The smallest absolute Gasteiger partial charge is 0.339 e. The Kier molecular flexibility index (Phi) is 31.5. The van der Waals surface area contributed by atoms with Crippen LogP contribution in [0.25, 0.3) is 11.0 Å². The molecule has 4 aromatic heterocycles. The number of aliphatic hydroxyl groups is 4. The maximum Gasteiger partial charge on any atom is 0.339 e. The van der Waals surface area contributed by atoms with Crippen LogP contribution in [0.1, 0.15) is 152 Å².